The Morgan fingerprint density at radius 2 is 1.61 bits per heavy atom. The minimum atomic E-state index is -4.60. The molecule has 0 aliphatic heterocycles. The van der Waals surface area contributed by atoms with Gasteiger partial charge in [-0.15, -0.1) is 0 Å². The van der Waals surface area contributed by atoms with Crippen molar-refractivity contribution < 1.29 is 22.4 Å². The molecule has 0 radical (unpaired) electrons. The quantitative estimate of drug-likeness (QED) is 0.425. The molecule has 0 unspecified atom stereocenters. The van der Waals surface area contributed by atoms with Crippen molar-refractivity contribution in [2.75, 3.05) is 5.32 Å². The topological polar surface area (TPSA) is 54.6 Å². The second-order valence-electron chi connectivity index (χ2n) is 6.90. The number of para-hydroxylation sites is 3. The van der Waals surface area contributed by atoms with E-state index >= 15 is 0 Å². The maximum absolute atomic E-state index is 13.4. The summed E-state index contributed by atoms with van der Waals surface area (Å²) in [7, 11) is 0. The van der Waals surface area contributed by atoms with Crippen LogP contribution in [0.25, 0.3) is 11.0 Å². The third-order valence-electron chi connectivity index (χ3n) is 4.73. The van der Waals surface area contributed by atoms with E-state index in [1.807, 2.05) is 19.1 Å². The van der Waals surface area contributed by atoms with Gasteiger partial charge in [0.05, 0.1) is 11.3 Å². The Labute approximate surface area is 175 Å². The van der Waals surface area contributed by atoms with Crippen molar-refractivity contribution in [1.82, 2.24) is 0 Å². The third-order valence-corrected chi connectivity index (χ3v) is 4.73. The van der Waals surface area contributed by atoms with Crippen LogP contribution >= 0.6 is 0 Å². The lowest BCUT2D eigenvalue weighted by molar-refractivity contribution is -0.137. The minimum Gasteiger partial charge on any atom is -0.438 e. The summed E-state index contributed by atoms with van der Waals surface area (Å²) in [6.45, 7) is 1.84. The first-order valence-corrected chi connectivity index (χ1v) is 9.44. The molecule has 0 aliphatic rings. The number of alkyl halides is 3. The van der Waals surface area contributed by atoms with Crippen molar-refractivity contribution in [1.29, 1.82) is 0 Å². The van der Waals surface area contributed by atoms with Crippen LogP contribution in [-0.4, -0.2) is 5.91 Å². The Hall–Kier alpha value is -3.87. The van der Waals surface area contributed by atoms with Gasteiger partial charge in [0.25, 0.3) is 5.91 Å². The average Bonchev–Trinajstić information content (AvgIpc) is 2.74. The number of nitrogens with one attached hydrogen (secondary N) is 1. The molecule has 0 aliphatic carbocycles. The molecular weight excluding hydrogens is 405 g/mol. The molecule has 3 aromatic carbocycles. The molecule has 4 rings (SSSR count). The summed E-state index contributed by atoms with van der Waals surface area (Å²) >= 11 is 0. The van der Waals surface area contributed by atoms with Gasteiger partial charge in [-0.2, -0.15) is 13.2 Å². The number of halogens is 3. The first-order chi connectivity index (χ1) is 14.8. The molecule has 0 fully saturated rings. The van der Waals surface area contributed by atoms with E-state index in [0.29, 0.717) is 16.7 Å². The van der Waals surface area contributed by atoms with E-state index < -0.39 is 17.6 Å². The zero-order chi connectivity index (χ0) is 22.0. The van der Waals surface area contributed by atoms with Crippen molar-refractivity contribution in [3.63, 3.8) is 0 Å². The van der Waals surface area contributed by atoms with E-state index in [2.05, 4.69) is 10.3 Å². The fourth-order valence-corrected chi connectivity index (χ4v) is 3.14. The average molecular weight is 422 g/mol. The molecular formula is C24H17F3N2O2. The molecule has 1 aromatic heterocycles. The number of benzene rings is 3. The molecule has 1 amide bonds. The molecule has 0 spiro atoms. The predicted molar refractivity (Wildman–Crippen MR) is 112 cm³/mol. The molecule has 1 N–H and O–H groups in total. The lowest BCUT2D eigenvalue weighted by Crippen LogP contribution is -2.22. The number of carbonyl (C=O) groups is 1. The fraction of sp³-hybridized carbons (Fsp3) is 0.0833. The van der Waals surface area contributed by atoms with Crippen LogP contribution in [0, 0.1) is 6.92 Å². The van der Waals surface area contributed by atoms with Gasteiger partial charge in [0.1, 0.15) is 11.1 Å². The van der Waals surface area contributed by atoms with E-state index in [-0.39, 0.29) is 16.8 Å². The number of amides is 1. The summed E-state index contributed by atoms with van der Waals surface area (Å²) in [5.41, 5.74) is 0.401. The lowest BCUT2D eigenvalue weighted by Gasteiger charge is -2.11. The van der Waals surface area contributed by atoms with E-state index in [4.69, 9.17) is 4.42 Å². The van der Waals surface area contributed by atoms with Crippen LogP contribution in [0.5, 0.6) is 0 Å². The molecule has 0 atom stereocenters. The van der Waals surface area contributed by atoms with Crippen LogP contribution in [0.1, 0.15) is 21.5 Å². The van der Waals surface area contributed by atoms with Gasteiger partial charge < -0.3 is 9.73 Å². The number of aryl methyl sites for hydroxylation is 1. The SMILES string of the molecule is Cc1ccccc1NC(=O)c1cc2ccccc2oc1=Nc1ccccc1C(F)(F)F. The normalized spacial score (nSPS) is 12.2. The largest absolute Gasteiger partial charge is 0.438 e. The van der Waals surface area contributed by atoms with Gasteiger partial charge in [0.15, 0.2) is 0 Å². The second kappa shape index (κ2) is 8.10. The highest BCUT2D eigenvalue weighted by molar-refractivity contribution is 6.05. The van der Waals surface area contributed by atoms with Gasteiger partial charge in [-0.05, 0) is 42.8 Å². The van der Waals surface area contributed by atoms with Crippen molar-refractivity contribution in [2.24, 2.45) is 4.99 Å². The summed E-state index contributed by atoms with van der Waals surface area (Å²) in [4.78, 5) is 17.1. The van der Waals surface area contributed by atoms with Gasteiger partial charge >= 0.3 is 6.18 Å². The molecule has 7 heteroatoms. The molecule has 4 nitrogen and oxygen atoms in total. The Balaban J connectivity index is 1.90. The number of hydrogen-bond donors (Lipinski definition) is 1. The zero-order valence-electron chi connectivity index (χ0n) is 16.4. The highest BCUT2D eigenvalue weighted by atomic mass is 19.4. The van der Waals surface area contributed by atoms with Gasteiger partial charge in [-0.3, -0.25) is 4.79 Å². The number of fused-ring (bicyclic) bond motifs is 1. The number of rotatable bonds is 3. The molecule has 4 aromatic rings. The molecule has 0 saturated carbocycles. The molecule has 1 heterocycles. The van der Waals surface area contributed by atoms with E-state index in [1.54, 1.807) is 42.5 Å². The van der Waals surface area contributed by atoms with Crippen molar-refractivity contribution in [3.8, 4) is 0 Å². The molecule has 0 bridgehead atoms. The highest BCUT2D eigenvalue weighted by Crippen LogP contribution is 2.35. The number of anilines is 1. The number of hydrogen-bond acceptors (Lipinski definition) is 3. The van der Waals surface area contributed by atoms with Crippen molar-refractivity contribution >= 4 is 28.3 Å². The molecule has 0 saturated heterocycles. The van der Waals surface area contributed by atoms with Crippen LogP contribution in [0.4, 0.5) is 24.5 Å². The molecule has 156 valence electrons. The lowest BCUT2D eigenvalue weighted by atomic mass is 10.1. The van der Waals surface area contributed by atoms with Crippen molar-refractivity contribution in [2.45, 2.75) is 13.1 Å². The maximum Gasteiger partial charge on any atom is 0.418 e. The van der Waals surface area contributed by atoms with Crippen LogP contribution in [0.3, 0.4) is 0 Å². The Morgan fingerprint density at radius 3 is 2.39 bits per heavy atom. The van der Waals surface area contributed by atoms with Gasteiger partial charge in [-0.25, -0.2) is 4.99 Å². The summed E-state index contributed by atoms with van der Waals surface area (Å²) in [6.07, 6.45) is -4.60. The smallest absolute Gasteiger partial charge is 0.418 e. The van der Waals surface area contributed by atoms with Crippen molar-refractivity contribution in [3.05, 3.63) is 101 Å². The summed E-state index contributed by atoms with van der Waals surface area (Å²) in [6, 6.07) is 20.6. The highest BCUT2D eigenvalue weighted by Gasteiger charge is 2.33. The Morgan fingerprint density at radius 1 is 0.935 bits per heavy atom. The van der Waals surface area contributed by atoms with Gasteiger partial charge in [-0.1, -0.05) is 48.5 Å². The Bertz CT molecular complexity index is 1340. The van der Waals surface area contributed by atoms with E-state index in [0.717, 1.165) is 11.6 Å². The van der Waals surface area contributed by atoms with Gasteiger partial charge in [0.2, 0.25) is 5.55 Å². The van der Waals surface area contributed by atoms with E-state index in [9.17, 15) is 18.0 Å². The van der Waals surface area contributed by atoms with Crippen LogP contribution in [0.2, 0.25) is 0 Å². The first-order valence-electron chi connectivity index (χ1n) is 9.44. The van der Waals surface area contributed by atoms with Crippen LogP contribution in [0.15, 0.2) is 88.3 Å². The minimum absolute atomic E-state index is 0.0268. The summed E-state index contributed by atoms with van der Waals surface area (Å²) in [5, 5.41) is 3.41. The van der Waals surface area contributed by atoms with E-state index in [1.165, 1.54) is 18.2 Å². The Kier molecular flexibility index (Phi) is 5.33. The summed E-state index contributed by atoms with van der Waals surface area (Å²) in [5.74, 6) is -0.535. The third kappa shape index (κ3) is 4.35. The summed E-state index contributed by atoms with van der Waals surface area (Å²) < 4.78 is 46.0. The molecule has 31 heavy (non-hydrogen) atoms. The van der Waals surface area contributed by atoms with Crippen LogP contribution in [-0.2, 0) is 6.18 Å². The predicted octanol–water partition coefficient (Wildman–Crippen LogP) is 6.24. The second-order valence-corrected chi connectivity index (χ2v) is 6.90. The number of nitrogens with zero attached hydrogens (tertiary/aromatic N) is 1. The monoisotopic (exact) mass is 422 g/mol. The first kappa shape index (κ1) is 20.4. The zero-order valence-corrected chi connectivity index (χ0v) is 16.4. The maximum atomic E-state index is 13.4. The fourth-order valence-electron chi connectivity index (χ4n) is 3.14. The van der Waals surface area contributed by atoms with Gasteiger partial charge in [0, 0.05) is 11.1 Å². The standard InChI is InChI=1S/C24H17F3N2O2/c1-15-8-2-5-11-19(15)28-22(30)17-14-16-9-3-7-13-21(16)31-23(17)29-20-12-6-4-10-18(20)24(25,26)27/h2-14H,1H3,(H,28,30). The number of carbonyl (C=O) groups excluding carboxylic acids is 1. The van der Waals surface area contributed by atoms with Crippen LogP contribution < -0.4 is 10.9 Å².